The number of hydrogen-bond acceptors (Lipinski definition) is 4. The van der Waals surface area contributed by atoms with Crippen LogP contribution in [0, 0.1) is 23.6 Å². The highest BCUT2D eigenvalue weighted by Gasteiger charge is 2.27. The molecule has 156 valence electrons. The van der Waals surface area contributed by atoms with E-state index in [2.05, 4.69) is 27.5 Å². The van der Waals surface area contributed by atoms with Crippen molar-refractivity contribution < 1.29 is 13.9 Å². The van der Waals surface area contributed by atoms with Gasteiger partial charge < -0.3 is 19.9 Å². The molecule has 3 aromatic rings. The van der Waals surface area contributed by atoms with Crippen LogP contribution in [0.1, 0.15) is 34.5 Å². The normalized spacial score (nSPS) is 14.8. The minimum Gasteiger partial charge on any atom is -0.492 e. The van der Waals surface area contributed by atoms with Crippen molar-refractivity contribution in [1.29, 1.82) is 0 Å². The maximum absolute atomic E-state index is 14.2. The van der Waals surface area contributed by atoms with Gasteiger partial charge in [0, 0.05) is 43.2 Å². The Morgan fingerprint density at radius 3 is 2.97 bits per heavy atom. The van der Waals surface area contributed by atoms with E-state index in [9.17, 15) is 9.18 Å². The number of rotatable bonds is 4. The Bertz CT molecular complexity index is 1230. The number of nitrogens with one attached hydrogen (secondary N) is 2. The fraction of sp³-hybridized carbons (Fsp3) is 0.250. The summed E-state index contributed by atoms with van der Waals surface area (Å²) in [7, 11) is 1.42. The highest BCUT2D eigenvalue weighted by atomic mass is 19.1. The third-order valence-electron chi connectivity index (χ3n) is 5.47. The lowest BCUT2D eigenvalue weighted by Gasteiger charge is -2.18. The number of ether oxygens (including phenoxy) is 1. The third-order valence-corrected chi connectivity index (χ3v) is 5.47. The van der Waals surface area contributed by atoms with Crippen molar-refractivity contribution in [3.8, 4) is 23.3 Å². The maximum Gasteiger partial charge on any atom is 0.255 e. The van der Waals surface area contributed by atoms with Crippen LogP contribution in [0.25, 0.3) is 5.69 Å². The summed E-state index contributed by atoms with van der Waals surface area (Å²) in [6.07, 6.45) is 8.28. The van der Waals surface area contributed by atoms with Gasteiger partial charge in [-0.2, -0.15) is 0 Å². The number of nitrogens with zero attached hydrogens (tertiary/aromatic N) is 2. The van der Waals surface area contributed by atoms with Crippen molar-refractivity contribution in [3.63, 3.8) is 0 Å². The van der Waals surface area contributed by atoms with Crippen LogP contribution < -0.4 is 15.4 Å². The van der Waals surface area contributed by atoms with Gasteiger partial charge in [0.2, 0.25) is 0 Å². The lowest BCUT2D eigenvalue weighted by molar-refractivity contribution is 0.0946. The van der Waals surface area contributed by atoms with Gasteiger partial charge in [-0.15, -0.1) is 0 Å². The predicted octanol–water partition coefficient (Wildman–Crippen LogP) is 3.81. The van der Waals surface area contributed by atoms with E-state index in [0.29, 0.717) is 35.8 Å². The predicted molar refractivity (Wildman–Crippen MR) is 115 cm³/mol. The summed E-state index contributed by atoms with van der Waals surface area (Å²) in [6, 6.07) is 6.54. The SMILES string of the molecule is COc1c(F)cccc1Nc1cn(-c2ccncc2C#CC2CC2)c2c1C(=O)NCC2. The third kappa shape index (κ3) is 3.61. The van der Waals surface area contributed by atoms with Gasteiger partial charge in [0.05, 0.1) is 35.3 Å². The molecule has 1 fully saturated rings. The molecule has 0 atom stereocenters. The fourth-order valence-electron chi connectivity index (χ4n) is 3.80. The van der Waals surface area contributed by atoms with Gasteiger partial charge in [-0.1, -0.05) is 17.9 Å². The first kappa shape index (κ1) is 19.2. The first-order valence-electron chi connectivity index (χ1n) is 10.2. The van der Waals surface area contributed by atoms with Crippen LogP contribution in [0.15, 0.2) is 42.9 Å². The molecule has 31 heavy (non-hydrogen) atoms. The Morgan fingerprint density at radius 1 is 1.29 bits per heavy atom. The summed E-state index contributed by atoms with van der Waals surface area (Å²) in [5.41, 5.74) is 4.12. The number of aromatic nitrogens is 2. The Morgan fingerprint density at radius 2 is 2.16 bits per heavy atom. The summed E-state index contributed by atoms with van der Waals surface area (Å²) in [6.45, 7) is 0.548. The Balaban J connectivity index is 1.63. The van der Waals surface area contributed by atoms with Crippen LogP contribution in [-0.2, 0) is 6.42 Å². The van der Waals surface area contributed by atoms with Crippen molar-refractivity contribution in [2.45, 2.75) is 19.3 Å². The molecule has 1 amide bonds. The van der Waals surface area contributed by atoms with E-state index in [0.717, 1.165) is 29.8 Å². The second-order valence-corrected chi connectivity index (χ2v) is 7.62. The van der Waals surface area contributed by atoms with Crippen LogP contribution in [-0.4, -0.2) is 29.1 Å². The van der Waals surface area contributed by atoms with E-state index in [1.54, 1.807) is 24.5 Å². The summed E-state index contributed by atoms with van der Waals surface area (Å²) in [4.78, 5) is 17.0. The molecule has 1 aliphatic carbocycles. The summed E-state index contributed by atoms with van der Waals surface area (Å²) in [5.74, 6) is 6.46. The molecule has 2 aromatic heterocycles. The van der Waals surface area contributed by atoms with Crippen LogP contribution in [0.3, 0.4) is 0 Å². The Hall–Kier alpha value is -3.79. The minimum atomic E-state index is -0.475. The molecule has 0 bridgehead atoms. The number of halogens is 1. The monoisotopic (exact) mass is 416 g/mol. The number of carbonyl (C=O) groups excluding carboxylic acids is 1. The zero-order valence-electron chi connectivity index (χ0n) is 17.0. The van der Waals surface area contributed by atoms with E-state index in [-0.39, 0.29) is 11.7 Å². The molecule has 0 unspecified atom stereocenters. The van der Waals surface area contributed by atoms with Crippen LogP contribution in [0.4, 0.5) is 15.8 Å². The van der Waals surface area contributed by atoms with Crippen molar-refractivity contribution in [3.05, 3.63) is 65.5 Å². The largest absolute Gasteiger partial charge is 0.492 e. The molecule has 0 spiro atoms. The van der Waals surface area contributed by atoms with E-state index in [1.165, 1.54) is 13.2 Å². The number of fused-ring (bicyclic) bond motifs is 1. The fourth-order valence-corrected chi connectivity index (χ4v) is 3.80. The topological polar surface area (TPSA) is 68.2 Å². The summed E-state index contributed by atoms with van der Waals surface area (Å²) in [5, 5.41) is 6.09. The van der Waals surface area contributed by atoms with Crippen molar-refractivity contribution in [2.75, 3.05) is 19.0 Å². The second-order valence-electron chi connectivity index (χ2n) is 7.62. The Kier molecular flexibility index (Phi) is 4.83. The number of benzene rings is 1. The van der Waals surface area contributed by atoms with E-state index in [4.69, 9.17) is 4.74 Å². The number of para-hydroxylation sites is 1. The van der Waals surface area contributed by atoms with Crippen LogP contribution in [0.2, 0.25) is 0 Å². The zero-order chi connectivity index (χ0) is 21.4. The molecule has 1 saturated carbocycles. The van der Waals surface area contributed by atoms with Gasteiger partial charge in [0.25, 0.3) is 5.91 Å². The molecular formula is C24H21FN4O2. The standard InChI is InChI=1S/C24H21FN4O2/c1-31-23-17(25)3-2-4-18(23)28-19-14-29(21-10-12-27-24(30)22(19)21)20-9-11-26-13-16(20)8-7-15-5-6-15/h2-4,9,11,13-15,28H,5-6,10,12H2,1H3,(H,27,30). The molecule has 0 saturated heterocycles. The molecule has 3 heterocycles. The molecular weight excluding hydrogens is 395 g/mol. The Labute approximate surface area is 179 Å². The van der Waals surface area contributed by atoms with Gasteiger partial charge in [-0.3, -0.25) is 9.78 Å². The molecule has 0 radical (unpaired) electrons. The number of amides is 1. The van der Waals surface area contributed by atoms with Crippen molar-refractivity contribution in [1.82, 2.24) is 14.9 Å². The molecule has 6 nitrogen and oxygen atoms in total. The molecule has 1 aromatic carbocycles. The van der Waals surface area contributed by atoms with Crippen molar-refractivity contribution in [2.24, 2.45) is 5.92 Å². The average Bonchev–Trinajstić information content (AvgIpc) is 3.54. The van der Waals surface area contributed by atoms with Crippen LogP contribution in [0.5, 0.6) is 5.75 Å². The van der Waals surface area contributed by atoms with E-state index >= 15 is 0 Å². The zero-order valence-corrected chi connectivity index (χ0v) is 17.0. The maximum atomic E-state index is 14.2. The molecule has 2 aliphatic rings. The average molecular weight is 416 g/mol. The summed E-state index contributed by atoms with van der Waals surface area (Å²) < 4.78 is 21.4. The number of hydrogen-bond donors (Lipinski definition) is 2. The molecule has 5 rings (SSSR count). The number of anilines is 2. The van der Waals surface area contributed by atoms with Crippen LogP contribution >= 0.6 is 0 Å². The van der Waals surface area contributed by atoms with E-state index < -0.39 is 5.82 Å². The first-order chi connectivity index (χ1) is 15.2. The highest BCUT2D eigenvalue weighted by Crippen LogP contribution is 2.35. The molecule has 2 N–H and O–H groups in total. The highest BCUT2D eigenvalue weighted by molar-refractivity contribution is 6.03. The smallest absolute Gasteiger partial charge is 0.255 e. The number of carbonyl (C=O) groups is 1. The molecule has 7 heteroatoms. The summed E-state index contributed by atoms with van der Waals surface area (Å²) >= 11 is 0. The number of methoxy groups -OCH3 is 1. The first-order valence-corrected chi connectivity index (χ1v) is 10.2. The van der Waals surface area contributed by atoms with Gasteiger partial charge in [0.15, 0.2) is 11.6 Å². The lowest BCUT2D eigenvalue weighted by atomic mass is 10.1. The lowest BCUT2D eigenvalue weighted by Crippen LogP contribution is -2.32. The quantitative estimate of drug-likeness (QED) is 0.635. The second kappa shape index (κ2) is 7.80. The molecule has 1 aliphatic heterocycles. The van der Waals surface area contributed by atoms with Gasteiger partial charge in [-0.05, 0) is 31.0 Å². The minimum absolute atomic E-state index is 0.0973. The van der Waals surface area contributed by atoms with Gasteiger partial charge in [0.1, 0.15) is 0 Å². The number of pyridine rings is 1. The van der Waals surface area contributed by atoms with E-state index in [1.807, 2.05) is 16.8 Å². The van der Waals surface area contributed by atoms with Crippen molar-refractivity contribution >= 4 is 17.3 Å². The van der Waals surface area contributed by atoms with Gasteiger partial charge >= 0.3 is 0 Å². The van der Waals surface area contributed by atoms with Gasteiger partial charge in [-0.25, -0.2) is 4.39 Å².